The van der Waals surface area contributed by atoms with Crippen LogP contribution in [-0.2, 0) is 17.6 Å². The van der Waals surface area contributed by atoms with Crippen molar-refractivity contribution in [3.63, 3.8) is 0 Å². The SMILES string of the molecule is CC(C)Nc1nc2c(c(NC3CC3)n1)CCN(C(=O)C1CC1)CC2. The molecule has 1 aliphatic heterocycles. The molecule has 0 unspecified atom stereocenters. The summed E-state index contributed by atoms with van der Waals surface area (Å²) < 4.78 is 0. The van der Waals surface area contributed by atoms with Crippen LogP contribution in [0.15, 0.2) is 0 Å². The predicted molar refractivity (Wildman–Crippen MR) is 94.1 cm³/mol. The number of carbonyl (C=O) groups excluding carboxylic acids is 1. The third-order valence-corrected chi connectivity index (χ3v) is 4.92. The molecular weight excluding hydrogens is 302 g/mol. The number of amides is 1. The molecule has 2 heterocycles. The van der Waals surface area contributed by atoms with Crippen LogP contribution in [0, 0.1) is 5.92 Å². The lowest BCUT2D eigenvalue weighted by molar-refractivity contribution is -0.132. The summed E-state index contributed by atoms with van der Waals surface area (Å²) >= 11 is 0. The summed E-state index contributed by atoms with van der Waals surface area (Å²) in [7, 11) is 0. The Morgan fingerprint density at radius 2 is 1.88 bits per heavy atom. The number of carbonyl (C=O) groups is 1. The average molecular weight is 329 g/mol. The smallest absolute Gasteiger partial charge is 0.225 e. The summed E-state index contributed by atoms with van der Waals surface area (Å²) in [4.78, 5) is 23.9. The van der Waals surface area contributed by atoms with Crippen LogP contribution in [0.1, 0.15) is 50.8 Å². The van der Waals surface area contributed by atoms with Crippen molar-refractivity contribution in [2.24, 2.45) is 5.92 Å². The molecule has 1 amide bonds. The number of aromatic nitrogens is 2. The van der Waals surface area contributed by atoms with E-state index >= 15 is 0 Å². The van der Waals surface area contributed by atoms with Gasteiger partial charge in [-0.1, -0.05) is 0 Å². The lowest BCUT2D eigenvalue weighted by atomic mass is 10.1. The summed E-state index contributed by atoms with van der Waals surface area (Å²) in [6.07, 6.45) is 6.25. The first-order valence-electron chi connectivity index (χ1n) is 9.32. The Morgan fingerprint density at radius 1 is 1.12 bits per heavy atom. The number of hydrogen-bond acceptors (Lipinski definition) is 5. The Hall–Kier alpha value is -1.85. The first kappa shape index (κ1) is 15.7. The van der Waals surface area contributed by atoms with Crippen molar-refractivity contribution in [1.82, 2.24) is 14.9 Å². The van der Waals surface area contributed by atoms with Gasteiger partial charge in [-0.2, -0.15) is 4.98 Å². The zero-order valence-corrected chi connectivity index (χ0v) is 14.6. The van der Waals surface area contributed by atoms with E-state index in [2.05, 4.69) is 24.5 Å². The number of nitrogens with zero attached hydrogens (tertiary/aromatic N) is 3. The molecule has 6 heteroatoms. The number of nitrogens with one attached hydrogen (secondary N) is 2. The molecular formula is C18H27N5O. The molecule has 130 valence electrons. The normalized spacial score (nSPS) is 20.5. The fraction of sp³-hybridized carbons (Fsp3) is 0.722. The predicted octanol–water partition coefficient (Wildman–Crippen LogP) is 2.21. The Bertz CT molecular complexity index is 637. The van der Waals surface area contributed by atoms with Gasteiger partial charge in [-0.15, -0.1) is 0 Å². The van der Waals surface area contributed by atoms with Gasteiger partial charge in [0, 0.05) is 43.1 Å². The summed E-state index contributed by atoms with van der Waals surface area (Å²) in [6, 6.07) is 0.860. The van der Waals surface area contributed by atoms with Gasteiger partial charge in [0.15, 0.2) is 0 Å². The van der Waals surface area contributed by atoms with E-state index in [1.54, 1.807) is 0 Å². The second-order valence-corrected chi connectivity index (χ2v) is 7.64. The lowest BCUT2D eigenvalue weighted by Crippen LogP contribution is -2.34. The maximum atomic E-state index is 12.4. The molecule has 2 aliphatic carbocycles. The molecule has 0 atom stereocenters. The molecule has 0 spiro atoms. The molecule has 24 heavy (non-hydrogen) atoms. The van der Waals surface area contributed by atoms with Crippen molar-refractivity contribution in [1.29, 1.82) is 0 Å². The maximum absolute atomic E-state index is 12.4. The van der Waals surface area contributed by atoms with Gasteiger partial charge in [0.05, 0.1) is 5.69 Å². The average Bonchev–Trinajstić information content (AvgIpc) is 3.39. The van der Waals surface area contributed by atoms with Crippen LogP contribution in [-0.4, -0.2) is 45.9 Å². The van der Waals surface area contributed by atoms with Gasteiger partial charge in [-0.3, -0.25) is 4.79 Å². The van der Waals surface area contributed by atoms with Crippen LogP contribution in [0.25, 0.3) is 0 Å². The van der Waals surface area contributed by atoms with Crippen molar-refractivity contribution in [3.05, 3.63) is 11.3 Å². The minimum Gasteiger partial charge on any atom is -0.367 e. The fourth-order valence-electron chi connectivity index (χ4n) is 3.27. The zero-order chi connectivity index (χ0) is 16.7. The zero-order valence-electron chi connectivity index (χ0n) is 14.6. The highest BCUT2D eigenvalue weighted by atomic mass is 16.2. The number of anilines is 2. The molecule has 1 aromatic heterocycles. The van der Waals surface area contributed by atoms with Crippen molar-refractivity contribution in [2.75, 3.05) is 23.7 Å². The quantitative estimate of drug-likeness (QED) is 0.867. The molecule has 0 saturated heterocycles. The van der Waals surface area contributed by atoms with E-state index in [-0.39, 0.29) is 0 Å². The van der Waals surface area contributed by atoms with Gasteiger partial charge in [0.25, 0.3) is 0 Å². The maximum Gasteiger partial charge on any atom is 0.225 e. The largest absolute Gasteiger partial charge is 0.367 e. The molecule has 2 saturated carbocycles. The van der Waals surface area contributed by atoms with Crippen molar-refractivity contribution in [2.45, 2.75) is 64.5 Å². The second-order valence-electron chi connectivity index (χ2n) is 7.64. The second kappa shape index (κ2) is 6.22. The Kier molecular flexibility index (Phi) is 4.06. The van der Waals surface area contributed by atoms with E-state index in [1.807, 2.05) is 4.90 Å². The molecule has 6 nitrogen and oxygen atoms in total. The number of hydrogen-bond donors (Lipinski definition) is 2. The van der Waals surface area contributed by atoms with Crippen LogP contribution in [0.3, 0.4) is 0 Å². The molecule has 2 N–H and O–H groups in total. The molecule has 0 aromatic carbocycles. The first-order chi connectivity index (χ1) is 11.6. The summed E-state index contributed by atoms with van der Waals surface area (Å²) in [5.74, 6) is 2.31. The van der Waals surface area contributed by atoms with E-state index in [9.17, 15) is 4.79 Å². The highest BCUT2D eigenvalue weighted by molar-refractivity contribution is 5.81. The molecule has 3 aliphatic rings. The summed E-state index contributed by atoms with van der Waals surface area (Å²) in [5, 5.41) is 6.90. The fourth-order valence-corrected chi connectivity index (χ4v) is 3.27. The van der Waals surface area contributed by atoms with Crippen molar-refractivity contribution < 1.29 is 4.79 Å². The standard InChI is InChI=1S/C18H27N5O/c1-11(2)19-18-21-15-8-10-23(17(24)12-3-4-12)9-7-14(15)16(22-18)20-13-5-6-13/h11-13H,3-10H2,1-2H3,(H2,19,20,21,22). The third kappa shape index (κ3) is 3.47. The monoisotopic (exact) mass is 329 g/mol. The van der Waals surface area contributed by atoms with E-state index < -0.39 is 0 Å². The van der Waals surface area contributed by atoms with Crippen molar-refractivity contribution in [3.8, 4) is 0 Å². The molecule has 0 radical (unpaired) electrons. The summed E-state index contributed by atoms with van der Waals surface area (Å²) in [6.45, 7) is 5.77. The third-order valence-electron chi connectivity index (χ3n) is 4.92. The van der Waals surface area contributed by atoms with Gasteiger partial charge in [-0.05, 0) is 46.0 Å². The Labute approximate surface area is 143 Å². The molecule has 0 bridgehead atoms. The van der Waals surface area contributed by atoms with Crippen LogP contribution >= 0.6 is 0 Å². The summed E-state index contributed by atoms with van der Waals surface area (Å²) in [5.41, 5.74) is 2.31. The molecule has 1 aromatic rings. The van der Waals surface area contributed by atoms with E-state index in [1.165, 1.54) is 18.4 Å². The number of fused-ring (bicyclic) bond motifs is 1. The molecule has 4 rings (SSSR count). The van der Waals surface area contributed by atoms with E-state index in [0.717, 1.165) is 50.3 Å². The Morgan fingerprint density at radius 3 is 2.54 bits per heavy atom. The van der Waals surface area contributed by atoms with Crippen LogP contribution in [0.5, 0.6) is 0 Å². The van der Waals surface area contributed by atoms with Crippen LogP contribution in [0.2, 0.25) is 0 Å². The molecule has 2 fully saturated rings. The van der Waals surface area contributed by atoms with E-state index in [4.69, 9.17) is 9.97 Å². The minimum absolute atomic E-state index is 0.291. The topological polar surface area (TPSA) is 70.2 Å². The van der Waals surface area contributed by atoms with Gasteiger partial charge in [-0.25, -0.2) is 4.98 Å². The van der Waals surface area contributed by atoms with Crippen LogP contribution < -0.4 is 10.6 Å². The first-order valence-corrected chi connectivity index (χ1v) is 9.32. The van der Waals surface area contributed by atoms with Gasteiger partial charge < -0.3 is 15.5 Å². The van der Waals surface area contributed by atoms with Crippen LogP contribution in [0.4, 0.5) is 11.8 Å². The van der Waals surface area contributed by atoms with Crippen molar-refractivity contribution >= 4 is 17.7 Å². The highest BCUT2D eigenvalue weighted by Crippen LogP contribution is 2.33. The Balaban J connectivity index is 1.58. The lowest BCUT2D eigenvalue weighted by Gasteiger charge is -2.19. The highest BCUT2D eigenvalue weighted by Gasteiger charge is 2.34. The number of rotatable bonds is 5. The van der Waals surface area contributed by atoms with Gasteiger partial charge >= 0.3 is 0 Å². The minimum atomic E-state index is 0.291. The van der Waals surface area contributed by atoms with E-state index in [0.29, 0.717) is 29.9 Å². The van der Waals surface area contributed by atoms with Gasteiger partial charge in [0.1, 0.15) is 5.82 Å². The van der Waals surface area contributed by atoms with Gasteiger partial charge in [0.2, 0.25) is 11.9 Å².